The Morgan fingerprint density at radius 2 is 1.62 bits per heavy atom. The molecule has 0 atom stereocenters. The van der Waals surface area contributed by atoms with Gasteiger partial charge in [0.1, 0.15) is 12.2 Å². The van der Waals surface area contributed by atoms with Crippen molar-refractivity contribution in [2.75, 3.05) is 19.7 Å². The Balaban J connectivity index is 2.03. The lowest BCUT2D eigenvalue weighted by atomic mass is 10.2. The number of ether oxygens (including phenoxy) is 2. The van der Waals surface area contributed by atoms with Crippen LogP contribution in [0.4, 0.5) is 9.59 Å². The third-order valence-corrected chi connectivity index (χ3v) is 2.69. The number of hydrogen-bond donors (Lipinski definition) is 3. The molecular weight excluding hydrogens is 342 g/mol. The van der Waals surface area contributed by atoms with Gasteiger partial charge >= 0.3 is 12.2 Å². The molecule has 0 saturated heterocycles. The molecule has 0 aromatic heterocycles. The molecule has 9 nitrogen and oxygen atoms in total. The molecule has 0 aliphatic carbocycles. The molecule has 0 spiro atoms. The number of benzene rings is 1. The van der Waals surface area contributed by atoms with Crippen molar-refractivity contribution < 1.29 is 28.7 Å². The molecule has 1 aromatic rings. The van der Waals surface area contributed by atoms with Crippen LogP contribution in [0.25, 0.3) is 0 Å². The first kappa shape index (κ1) is 21.2. The van der Waals surface area contributed by atoms with Crippen LogP contribution in [0.1, 0.15) is 26.3 Å². The van der Waals surface area contributed by atoms with Crippen LogP contribution in [0.5, 0.6) is 0 Å². The number of rotatable bonds is 8. The van der Waals surface area contributed by atoms with E-state index in [1.807, 2.05) is 35.8 Å². The van der Waals surface area contributed by atoms with Crippen LogP contribution in [0.2, 0.25) is 0 Å². The molecule has 0 fully saturated rings. The highest BCUT2D eigenvalue weighted by Gasteiger charge is 2.16. The first-order chi connectivity index (χ1) is 12.3. The maximum Gasteiger partial charge on any atom is 0.431 e. The fourth-order valence-corrected chi connectivity index (χ4v) is 1.65. The van der Waals surface area contributed by atoms with Gasteiger partial charge in [-0.3, -0.25) is 9.63 Å². The third kappa shape index (κ3) is 10.9. The molecule has 26 heavy (non-hydrogen) atoms. The van der Waals surface area contributed by atoms with E-state index in [1.54, 1.807) is 20.8 Å². The largest absolute Gasteiger partial charge is 0.445 e. The third-order valence-electron chi connectivity index (χ3n) is 2.69. The Morgan fingerprint density at radius 1 is 0.962 bits per heavy atom. The minimum atomic E-state index is -0.784. The Labute approximate surface area is 152 Å². The number of hydrogen-bond acceptors (Lipinski definition) is 6. The van der Waals surface area contributed by atoms with Gasteiger partial charge in [0.15, 0.2) is 6.61 Å². The zero-order chi connectivity index (χ0) is 19.4. The highest BCUT2D eigenvalue weighted by Crippen LogP contribution is 2.06. The zero-order valence-corrected chi connectivity index (χ0v) is 15.2. The number of alkyl carbamates (subject to hydrolysis) is 1. The summed E-state index contributed by atoms with van der Waals surface area (Å²) in [6.45, 7) is 5.29. The van der Waals surface area contributed by atoms with Gasteiger partial charge in [-0.25, -0.2) is 9.59 Å². The van der Waals surface area contributed by atoms with E-state index in [2.05, 4.69) is 10.6 Å². The minimum absolute atomic E-state index is 0.170. The fraction of sp³-hybridized carbons (Fsp3) is 0.471. The van der Waals surface area contributed by atoms with Crippen LogP contribution < -0.4 is 16.1 Å². The number of carbonyl (C=O) groups excluding carboxylic acids is 3. The molecule has 3 amide bonds. The summed E-state index contributed by atoms with van der Waals surface area (Å²) in [6, 6.07) is 9.27. The van der Waals surface area contributed by atoms with E-state index in [9.17, 15) is 14.4 Å². The molecule has 0 aliphatic heterocycles. The van der Waals surface area contributed by atoms with Gasteiger partial charge in [-0.15, -0.1) is 0 Å². The molecule has 3 N–H and O–H groups in total. The first-order valence-electron chi connectivity index (χ1n) is 8.08. The van der Waals surface area contributed by atoms with Crippen LogP contribution in [0.15, 0.2) is 30.3 Å². The van der Waals surface area contributed by atoms with Crippen LogP contribution in [-0.2, 0) is 25.7 Å². The summed E-state index contributed by atoms with van der Waals surface area (Å²) in [5.41, 5.74) is 2.22. The Kier molecular flexibility index (Phi) is 8.93. The molecule has 144 valence electrons. The van der Waals surface area contributed by atoms with Gasteiger partial charge in [-0.2, -0.15) is 5.48 Å². The Morgan fingerprint density at radius 3 is 2.27 bits per heavy atom. The van der Waals surface area contributed by atoms with Crippen molar-refractivity contribution in [3.05, 3.63) is 35.9 Å². The van der Waals surface area contributed by atoms with Gasteiger partial charge in [-0.05, 0) is 26.3 Å². The van der Waals surface area contributed by atoms with Gasteiger partial charge in [0.2, 0.25) is 5.91 Å². The van der Waals surface area contributed by atoms with E-state index < -0.39 is 23.7 Å². The monoisotopic (exact) mass is 367 g/mol. The van der Waals surface area contributed by atoms with Crippen molar-refractivity contribution in [1.29, 1.82) is 0 Å². The van der Waals surface area contributed by atoms with Gasteiger partial charge in [0.05, 0.1) is 0 Å². The van der Waals surface area contributed by atoms with E-state index in [0.29, 0.717) is 0 Å². The second-order valence-electron chi connectivity index (χ2n) is 6.23. The SMILES string of the molecule is CC(C)(C)OC(=O)NOCC(=O)NCCNC(=O)OCc1ccccc1. The molecular formula is C17H25N3O6. The van der Waals surface area contributed by atoms with E-state index in [0.717, 1.165) is 5.56 Å². The molecule has 1 aromatic carbocycles. The topological polar surface area (TPSA) is 115 Å². The van der Waals surface area contributed by atoms with Gasteiger partial charge in [0.25, 0.3) is 0 Å². The van der Waals surface area contributed by atoms with Crippen LogP contribution >= 0.6 is 0 Å². The predicted octanol–water partition coefficient (Wildman–Crippen LogP) is 1.49. The van der Waals surface area contributed by atoms with Crippen molar-refractivity contribution in [3.8, 4) is 0 Å². The number of amides is 3. The molecule has 0 heterocycles. The average molecular weight is 367 g/mol. The number of nitrogens with one attached hydrogen (secondary N) is 3. The molecule has 1 rings (SSSR count). The van der Waals surface area contributed by atoms with Crippen molar-refractivity contribution in [3.63, 3.8) is 0 Å². The lowest BCUT2D eigenvalue weighted by Gasteiger charge is -2.19. The second-order valence-corrected chi connectivity index (χ2v) is 6.23. The Bertz CT molecular complexity index is 586. The summed E-state index contributed by atoms with van der Waals surface area (Å²) in [4.78, 5) is 39.0. The molecule has 0 saturated carbocycles. The molecule has 0 aliphatic rings. The lowest BCUT2D eigenvalue weighted by molar-refractivity contribution is -0.128. The summed E-state index contributed by atoms with van der Waals surface area (Å²) in [7, 11) is 0. The van der Waals surface area contributed by atoms with Crippen molar-refractivity contribution >= 4 is 18.1 Å². The summed E-state index contributed by atoms with van der Waals surface area (Å²) in [6.07, 6.45) is -1.36. The summed E-state index contributed by atoms with van der Waals surface area (Å²) < 4.78 is 9.95. The zero-order valence-electron chi connectivity index (χ0n) is 15.2. The number of hydroxylamine groups is 1. The quantitative estimate of drug-likeness (QED) is 0.474. The predicted molar refractivity (Wildman–Crippen MR) is 93.0 cm³/mol. The van der Waals surface area contributed by atoms with Gasteiger partial charge < -0.3 is 20.1 Å². The highest BCUT2D eigenvalue weighted by molar-refractivity contribution is 5.77. The standard InChI is InChI=1S/C17H25N3O6/c1-17(2,3)26-16(23)20-25-12-14(21)18-9-10-19-15(22)24-11-13-7-5-4-6-8-13/h4-8H,9-12H2,1-3H3,(H,18,21)(H,19,22)(H,20,23). The second kappa shape index (κ2) is 10.9. The van der Waals surface area contributed by atoms with Gasteiger partial charge in [-0.1, -0.05) is 30.3 Å². The lowest BCUT2D eigenvalue weighted by Crippen LogP contribution is -2.39. The summed E-state index contributed by atoms with van der Waals surface area (Å²) in [5.74, 6) is -0.458. The summed E-state index contributed by atoms with van der Waals surface area (Å²) >= 11 is 0. The van der Waals surface area contributed by atoms with E-state index in [4.69, 9.17) is 14.3 Å². The average Bonchev–Trinajstić information content (AvgIpc) is 2.56. The Hall–Kier alpha value is -2.81. The normalized spacial score (nSPS) is 10.6. The highest BCUT2D eigenvalue weighted by atomic mass is 16.7. The maximum atomic E-state index is 11.5. The van der Waals surface area contributed by atoms with Crippen molar-refractivity contribution in [2.24, 2.45) is 0 Å². The van der Waals surface area contributed by atoms with E-state index in [1.165, 1.54) is 0 Å². The number of carbonyl (C=O) groups is 3. The van der Waals surface area contributed by atoms with E-state index >= 15 is 0 Å². The molecule has 9 heteroatoms. The first-order valence-corrected chi connectivity index (χ1v) is 8.08. The van der Waals surface area contributed by atoms with Gasteiger partial charge in [0, 0.05) is 13.1 Å². The van der Waals surface area contributed by atoms with Crippen molar-refractivity contribution in [1.82, 2.24) is 16.1 Å². The smallest absolute Gasteiger partial charge is 0.431 e. The maximum absolute atomic E-state index is 11.5. The fourth-order valence-electron chi connectivity index (χ4n) is 1.65. The van der Waals surface area contributed by atoms with Crippen LogP contribution in [0, 0.1) is 0 Å². The van der Waals surface area contributed by atoms with Crippen LogP contribution in [-0.4, -0.2) is 43.4 Å². The summed E-state index contributed by atoms with van der Waals surface area (Å²) in [5, 5.41) is 5.01. The minimum Gasteiger partial charge on any atom is -0.445 e. The van der Waals surface area contributed by atoms with Crippen molar-refractivity contribution in [2.45, 2.75) is 33.0 Å². The van der Waals surface area contributed by atoms with Crippen LogP contribution in [0.3, 0.4) is 0 Å². The molecule has 0 radical (unpaired) electrons. The van der Waals surface area contributed by atoms with E-state index in [-0.39, 0.29) is 26.3 Å². The molecule has 0 bridgehead atoms. The molecule has 0 unspecified atom stereocenters.